The molecule has 0 saturated heterocycles. The van der Waals surface area contributed by atoms with Crippen LogP contribution >= 0.6 is 28.1 Å². The van der Waals surface area contributed by atoms with E-state index in [1.807, 2.05) is 31.2 Å². The van der Waals surface area contributed by atoms with Crippen molar-refractivity contribution in [2.45, 2.75) is 6.92 Å². The molecule has 0 fully saturated rings. The molecular formula is C14H9BrN4S. The van der Waals surface area contributed by atoms with Crippen LogP contribution in [0.15, 0.2) is 34.8 Å². The summed E-state index contributed by atoms with van der Waals surface area (Å²) in [6.45, 7) is 1.92. The second kappa shape index (κ2) is 4.85. The number of hydrogen-bond acceptors (Lipinski definition) is 3. The predicted molar refractivity (Wildman–Crippen MR) is 83.4 cm³/mol. The zero-order valence-corrected chi connectivity index (χ0v) is 12.9. The first-order valence-corrected chi connectivity index (χ1v) is 7.08. The first kappa shape index (κ1) is 13.0. The van der Waals surface area contributed by atoms with E-state index in [1.165, 1.54) is 0 Å². The Morgan fingerprint density at radius 3 is 2.90 bits per heavy atom. The molecule has 0 aliphatic carbocycles. The Morgan fingerprint density at radius 1 is 1.35 bits per heavy atom. The number of benzene rings is 1. The molecule has 0 aliphatic rings. The van der Waals surface area contributed by atoms with E-state index >= 15 is 0 Å². The molecular weight excluding hydrogens is 336 g/mol. The summed E-state index contributed by atoms with van der Waals surface area (Å²) < 4.78 is 3.20. The largest absolute Gasteiger partial charge is 0.329 e. The van der Waals surface area contributed by atoms with E-state index in [9.17, 15) is 5.26 Å². The van der Waals surface area contributed by atoms with Crippen LogP contribution in [-0.4, -0.2) is 14.5 Å². The van der Waals surface area contributed by atoms with Crippen LogP contribution in [0.5, 0.6) is 0 Å². The van der Waals surface area contributed by atoms with Gasteiger partial charge in [0.2, 0.25) is 0 Å². The van der Waals surface area contributed by atoms with Crippen molar-refractivity contribution in [2.75, 3.05) is 0 Å². The summed E-state index contributed by atoms with van der Waals surface area (Å²) in [5, 5.41) is 9.28. The monoisotopic (exact) mass is 344 g/mol. The van der Waals surface area contributed by atoms with Gasteiger partial charge in [-0.2, -0.15) is 5.26 Å². The van der Waals surface area contributed by atoms with E-state index in [0.29, 0.717) is 10.3 Å². The molecule has 0 spiro atoms. The molecule has 0 bridgehead atoms. The summed E-state index contributed by atoms with van der Waals surface area (Å²) in [7, 11) is 0. The third kappa shape index (κ3) is 2.05. The lowest BCUT2D eigenvalue weighted by molar-refractivity contribution is 1.03. The van der Waals surface area contributed by atoms with Gasteiger partial charge in [-0.05, 0) is 49.5 Å². The molecule has 0 aliphatic heterocycles. The fraction of sp³-hybridized carbons (Fsp3) is 0.0714. The third-order valence-corrected chi connectivity index (χ3v) is 3.77. The van der Waals surface area contributed by atoms with Crippen molar-refractivity contribution in [2.24, 2.45) is 0 Å². The number of nitrogens with one attached hydrogen (secondary N) is 1. The van der Waals surface area contributed by atoms with Crippen molar-refractivity contribution in [3.05, 3.63) is 50.8 Å². The van der Waals surface area contributed by atoms with E-state index < -0.39 is 0 Å². The number of rotatable bonds is 1. The van der Waals surface area contributed by atoms with Gasteiger partial charge in [0.05, 0.1) is 16.8 Å². The number of hydrogen-bond donors (Lipinski definition) is 1. The Labute approximate surface area is 128 Å². The summed E-state index contributed by atoms with van der Waals surface area (Å²) in [6.07, 6.45) is 0. The fourth-order valence-electron chi connectivity index (χ4n) is 2.09. The van der Waals surface area contributed by atoms with Crippen LogP contribution in [0.2, 0.25) is 0 Å². The van der Waals surface area contributed by atoms with Gasteiger partial charge < -0.3 is 4.98 Å². The number of nitrogens with zero attached hydrogens (tertiary/aromatic N) is 3. The lowest BCUT2D eigenvalue weighted by Gasteiger charge is -2.07. The zero-order valence-electron chi connectivity index (χ0n) is 10.5. The Hall–Kier alpha value is -1.97. The molecule has 0 saturated carbocycles. The van der Waals surface area contributed by atoms with Crippen LogP contribution in [0.1, 0.15) is 11.3 Å². The molecule has 1 aromatic carbocycles. The number of H-pyrrole nitrogens is 1. The average Bonchev–Trinajstić information content (AvgIpc) is 2.74. The number of aryl methyl sites for hydroxylation is 1. The fourth-order valence-corrected chi connectivity index (χ4v) is 2.73. The molecule has 3 aromatic rings. The molecule has 1 N–H and O–H groups in total. The molecule has 0 atom stereocenters. The van der Waals surface area contributed by atoms with Crippen LogP contribution in [-0.2, 0) is 0 Å². The molecule has 2 aromatic heterocycles. The quantitative estimate of drug-likeness (QED) is 0.678. The smallest absolute Gasteiger partial charge is 0.184 e. The second-order valence-electron chi connectivity index (χ2n) is 4.36. The van der Waals surface area contributed by atoms with Gasteiger partial charge in [0.25, 0.3) is 0 Å². The number of halogens is 1. The number of fused-ring (bicyclic) bond motifs is 1. The van der Waals surface area contributed by atoms with Crippen molar-refractivity contribution < 1.29 is 0 Å². The maximum atomic E-state index is 9.28. The van der Waals surface area contributed by atoms with Crippen LogP contribution in [0.4, 0.5) is 0 Å². The number of nitriles is 1. The summed E-state index contributed by atoms with van der Waals surface area (Å²) in [5.74, 6) is 0. The normalized spacial score (nSPS) is 10.7. The minimum absolute atomic E-state index is 0.521. The SMILES string of the molecule is Cc1ccc2[nH]c(=S)n(-c3cc(Br)ccc3C#N)c2n1. The average molecular weight is 345 g/mol. The predicted octanol–water partition coefficient (Wildman–Crippen LogP) is 4.03. The summed E-state index contributed by atoms with van der Waals surface area (Å²) >= 11 is 8.80. The van der Waals surface area contributed by atoms with Gasteiger partial charge in [-0.1, -0.05) is 15.9 Å². The molecule has 20 heavy (non-hydrogen) atoms. The van der Waals surface area contributed by atoms with Crippen molar-refractivity contribution >= 4 is 39.3 Å². The molecule has 4 nitrogen and oxygen atoms in total. The lowest BCUT2D eigenvalue weighted by atomic mass is 10.2. The van der Waals surface area contributed by atoms with E-state index in [-0.39, 0.29) is 0 Å². The zero-order chi connectivity index (χ0) is 14.3. The number of aromatic nitrogens is 3. The van der Waals surface area contributed by atoms with Crippen LogP contribution in [0, 0.1) is 23.0 Å². The van der Waals surface area contributed by atoms with Gasteiger partial charge in [0.1, 0.15) is 6.07 Å². The highest BCUT2D eigenvalue weighted by atomic mass is 79.9. The third-order valence-electron chi connectivity index (χ3n) is 2.99. The Morgan fingerprint density at radius 2 is 2.15 bits per heavy atom. The molecule has 98 valence electrons. The van der Waals surface area contributed by atoms with Crippen molar-refractivity contribution in [1.29, 1.82) is 5.26 Å². The molecule has 2 heterocycles. The maximum Gasteiger partial charge on any atom is 0.184 e. The van der Waals surface area contributed by atoms with Gasteiger partial charge in [0.15, 0.2) is 10.4 Å². The van der Waals surface area contributed by atoms with Crippen LogP contribution < -0.4 is 0 Å². The van der Waals surface area contributed by atoms with E-state index in [1.54, 1.807) is 10.6 Å². The standard InChI is InChI=1S/C14H9BrN4S/c1-8-2-5-11-13(17-8)19(14(20)18-11)12-6-10(15)4-3-9(12)7-16/h2-6H,1H3,(H,18,20). The molecule has 3 rings (SSSR count). The Balaban J connectivity index is 2.44. The Kier molecular flexibility index (Phi) is 3.16. The molecule has 0 radical (unpaired) electrons. The van der Waals surface area contributed by atoms with Gasteiger partial charge in [0, 0.05) is 10.2 Å². The minimum Gasteiger partial charge on any atom is -0.329 e. The van der Waals surface area contributed by atoms with Crippen molar-refractivity contribution in [3.8, 4) is 11.8 Å². The second-order valence-corrected chi connectivity index (χ2v) is 5.67. The topological polar surface area (TPSA) is 57.4 Å². The van der Waals surface area contributed by atoms with Crippen LogP contribution in [0.3, 0.4) is 0 Å². The summed E-state index contributed by atoms with van der Waals surface area (Å²) in [4.78, 5) is 7.63. The number of aromatic amines is 1. The van der Waals surface area contributed by atoms with Gasteiger partial charge >= 0.3 is 0 Å². The summed E-state index contributed by atoms with van der Waals surface area (Å²) in [6, 6.07) is 11.5. The Bertz CT molecular complexity index is 917. The first-order valence-electron chi connectivity index (χ1n) is 5.88. The van der Waals surface area contributed by atoms with Crippen LogP contribution in [0.25, 0.3) is 16.9 Å². The van der Waals surface area contributed by atoms with Crippen molar-refractivity contribution in [3.63, 3.8) is 0 Å². The summed E-state index contributed by atoms with van der Waals surface area (Å²) in [5.41, 5.74) is 3.74. The molecule has 0 amide bonds. The highest BCUT2D eigenvalue weighted by Gasteiger charge is 2.12. The molecule has 6 heteroatoms. The van der Waals surface area contributed by atoms with E-state index in [0.717, 1.165) is 27.0 Å². The highest BCUT2D eigenvalue weighted by Crippen LogP contribution is 2.24. The lowest BCUT2D eigenvalue weighted by Crippen LogP contribution is -1.99. The van der Waals surface area contributed by atoms with Crippen molar-refractivity contribution in [1.82, 2.24) is 14.5 Å². The maximum absolute atomic E-state index is 9.28. The van der Waals surface area contributed by atoms with Gasteiger partial charge in [-0.3, -0.25) is 4.57 Å². The minimum atomic E-state index is 0.521. The molecule has 0 unspecified atom stereocenters. The van der Waals surface area contributed by atoms with Gasteiger partial charge in [-0.15, -0.1) is 0 Å². The van der Waals surface area contributed by atoms with E-state index in [4.69, 9.17) is 12.2 Å². The first-order chi connectivity index (χ1) is 9.60. The van der Waals surface area contributed by atoms with E-state index in [2.05, 4.69) is 32.0 Å². The van der Waals surface area contributed by atoms with Gasteiger partial charge in [-0.25, -0.2) is 4.98 Å². The number of pyridine rings is 1. The highest BCUT2D eigenvalue weighted by molar-refractivity contribution is 9.10. The number of imidazole rings is 1.